The smallest absolute Gasteiger partial charge is 0.298 e. The Morgan fingerprint density at radius 2 is 1.79 bits per heavy atom. The molecule has 10 heteroatoms. The monoisotopic (exact) mass is 512 g/mol. The number of Topliss-reactive ketones (excluding diaryl/α,β-unsaturated/α-hetero) is 1. The van der Waals surface area contributed by atoms with Gasteiger partial charge in [-0.1, -0.05) is 67.0 Å². The van der Waals surface area contributed by atoms with Crippen molar-refractivity contribution < 1.29 is 9.32 Å². The molecule has 0 aliphatic carbocycles. The van der Waals surface area contributed by atoms with E-state index in [1.807, 2.05) is 48.5 Å². The van der Waals surface area contributed by atoms with Crippen LogP contribution in [0.5, 0.6) is 0 Å². The van der Waals surface area contributed by atoms with E-state index in [9.17, 15) is 14.4 Å². The molecule has 3 aromatic heterocycles. The summed E-state index contributed by atoms with van der Waals surface area (Å²) in [7, 11) is 0. The molecule has 1 unspecified atom stereocenters. The van der Waals surface area contributed by atoms with Crippen molar-refractivity contribution in [3.05, 3.63) is 92.1 Å². The van der Waals surface area contributed by atoms with E-state index in [2.05, 4.69) is 31.7 Å². The Hall–Kier alpha value is -4.60. The number of aryl methyl sites for hydroxylation is 2. The van der Waals surface area contributed by atoms with Gasteiger partial charge in [0.15, 0.2) is 11.6 Å². The Kier molecular flexibility index (Phi) is 6.62. The third kappa shape index (κ3) is 4.49. The third-order valence-corrected chi connectivity index (χ3v) is 6.72. The van der Waals surface area contributed by atoms with E-state index in [1.54, 1.807) is 18.4 Å². The van der Waals surface area contributed by atoms with Crippen molar-refractivity contribution in [1.29, 1.82) is 0 Å². The van der Waals surface area contributed by atoms with E-state index in [4.69, 9.17) is 0 Å². The number of carbonyl (C=O) groups is 1. The van der Waals surface area contributed by atoms with Crippen LogP contribution in [0.3, 0.4) is 0 Å². The third-order valence-electron chi connectivity index (χ3n) is 6.72. The molecule has 1 N–H and O–H groups in total. The van der Waals surface area contributed by atoms with Gasteiger partial charge >= 0.3 is 5.76 Å². The zero-order valence-corrected chi connectivity index (χ0v) is 21.7. The van der Waals surface area contributed by atoms with E-state index in [0.717, 1.165) is 34.4 Å². The molecule has 1 atom stereocenters. The molecule has 0 spiro atoms. The highest BCUT2D eigenvalue weighted by Gasteiger charge is 2.24. The average Bonchev–Trinajstić information content (AvgIpc) is 3.51. The molecule has 5 aromatic rings. The summed E-state index contributed by atoms with van der Waals surface area (Å²) >= 11 is 0. The first-order chi connectivity index (χ1) is 18.3. The van der Waals surface area contributed by atoms with Crippen LogP contribution in [-0.4, -0.2) is 35.1 Å². The predicted molar refractivity (Wildman–Crippen MR) is 142 cm³/mol. The highest BCUT2D eigenvalue weighted by atomic mass is 16.5. The topological polar surface area (TPSA) is 128 Å². The number of carbonyl (C=O) groups excluding carboxylic acids is 1. The predicted octanol–water partition coefficient (Wildman–Crippen LogP) is 3.90. The van der Waals surface area contributed by atoms with Gasteiger partial charge in [-0.05, 0) is 43.9 Å². The van der Waals surface area contributed by atoms with Crippen LogP contribution in [0, 0.1) is 6.92 Å². The molecule has 0 fully saturated rings. The second-order valence-electron chi connectivity index (χ2n) is 9.37. The molecular weight excluding hydrogens is 484 g/mol. The van der Waals surface area contributed by atoms with Crippen molar-refractivity contribution in [3.8, 4) is 22.5 Å². The minimum absolute atomic E-state index is 0.125. The second kappa shape index (κ2) is 10.0. The molecular formula is C28H28N6O4. The minimum atomic E-state index is -0.662. The van der Waals surface area contributed by atoms with Gasteiger partial charge in [0.25, 0.3) is 5.56 Å². The highest BCUT2D eigenvalue weighted by Crippen LogP contribution is 2.30. The zero-order chi connectivity index (χ0) is 27.0. The van der Waals surface area contributed by atoms with Gasteiger partial charge in [0.05, 0.1) is 11.7 Å². The number of nitrogens with one attached hydrogen (secondary N) is 1. The van der Waals surface area contributed by atoms with Gasteiger partial charge < -0.3 is 0 Å². The van der Waals surface area contributed by atoms with E-state index in [0.29, 0.717) is 35.8 Å². The van der Waals surface area contributed by atoms with Crippen LogP contribution in [0.25, 0.3) is 28.3 Å². The number of benzene rings is 2. The van der Waals surface area contributed by atoms with Crippen molar-refractivity contribution in [3.63, 3.8) is 0 Å². The summed E-state index contributed by atoms with van der Waals surface area (Å²) in [5.74, 6) is 0.549. The fraction of sp³-hybridized carbons (Fsp3) is 0.286. The first kappa shape index (κ1) is 25.1. The standard InChI is InChI=1S/C28H28N6O4/c1-5-8-24-23(26(36)33(16(2)17(3)35)27-29-18(4)31-34(24)27)15-19-11-13-20(14-12-19)21-9-6-7-10-22(21)25-30-28(37)38-32-25/h6-7,9-14,16H,5,8,15H2,1-4H3,(H,30,32,37). The number of nitrogens with zero attached hydrogens (tertiary/aromatic N) is 5. The van der Waals surface area contributed by atoms with E-state index in [-0.39, 0.29) is 11.3 Å². The van der Waals surface area contributed by atoms with Crippen molar-refractivity contribution in [2.45, 2.75) is 53.0 Å². The molecule has 0 aliphatic rings. The minimum Gasteiger partial charge on any atom is -0.298 e. The number of hydrogen-bond acceptors (Lipinski definition) is 7. The van der Waals surface area contributed by atoms with Gasteiger partial charge in [-0.3, -0.25) is 23.7 Å². The molecule has 0 aliphatic heterocycles. The van der Waals surface area contributed by atoms with Gasteiger partial charge in [-0.25, -0.2) is 9.31 Å². The van der Waals surface area contributed by atoms with Crippen molar-refractivity contribution >= 4 is 11.6 Å². The Morgan fingerprint density at radius 1 is 1.08 bits per heavy atom. The molecule has 38 heavy (non-hydrogen) atoms. The lowest BCUT2D eigenvalue weighted by atomic mass is 9.96. The van der Waals surface area contributed by atoms with Crippen molar-refractivity contribution in [2.24, 2.45) is 0 Å². The maximum absolute atomic E-state index is 13.8. The van der Waals surface area contributed by atoms with E-state index < -0.39 is 11.8 Å². The van der Waals surface area contributed by atoms with Crippen LogP contribution in [0.2, 0.25) is 0 Å². The summed E-state index contributed by atoms with van der Waals surface area (Å²) < 4.78 is 7.86. The van der Waals surface area contributed by atoms with E-state index in [1.165, 1.54) is 11.5 Å². The Morgan fingerprint density at radius 3 is 2.42 bits per heavy atom. The zero-order valence-electron chi connectivity index (χ0n) is 21.7. The van der Waals surface area contributed by atoms with Crippen LogP contribution in [0.1, 0.15) is 55.9 Å². The lowest BCUT2D eigenvalue weighted by molar-refractivity contribution is -0.119. The molecule has 0 amide bonds. The lowest BCUT2D eigenvalue weighted by Gasteiger charge is -2.18. The van der Waals surface area contributed by atoms with Gasteiger partial charge in [0.2, 0.25) is 5.78 Å². The van der Waals surface area contributed by atoms with Gasteiger partial charge in [-0.15, -0.1) is 0 Å². The quantitative estimate of drug-likeness (QED) is 0.334. The molecule has 5 rings (SSSR count). The first-order valence-electron chi connectivity index (χ1n) is 12.5. The largest absolute Gasteiger partial charge is 0.439 e. The summed E-state index contributed by atoms with van der Waals surface area (Å²) in [4.78, 5) is 44.7. The maximum atomic E-state index is 13.8. The molecule has 3 heterocycles. The van der Waals surface area contributed by atoms with Crippen LogP contribution in [0.4, 0.5) is 0 Å². The highest BCUT2D eigenvalue weighted by molar-refractivity contribution is 5.81. The summed E-state index contributed by atoms with van der Waals surface area (Å²) in [5, 5.41) is 8.39. The number of aromatic amines is 1. The summed E-state index contributed by atoms with van der Waals surface area (Å²) in [6.07, 6.45) is 1.86. The number of ketones is 1. The fourth-order valence-corrected chi connectivity index (χ4v) is 4.72. The SMILES string of the molecule is CCCc1c(Cc2ccc(-c3ccccc3-c3noc(=O)[nH]3)cc2)c(=O)n(C(C)C(C)=O)c2nc(C)nn12. The second-order valence-corrected chi connectivity index (χ2v) is 9.37. The van der Waals surface area contributed by atoms with E-state index >= 15 is 0 Å². The summed E-state index contributed by atoms with van der Waals surface area (Å²) in [6.45, 7) is 7.02. The lowest BCUT2D eigenvalue weighted by Crippen LogP contribution is -2.33. The molecule has 2 aromatic carbocycles. The average molecular weight is 513 g/mol. The van der Waals surface area contributed by atoms with Crippen LogP contribution < -0.4 is 11.3 Å². The number of H-pyrrole nitrogens is 1. The van der Waals surface area contributed by atoms with Gasteiger partial charge in [0.1, 0.15) is 5.82 Å². The fourth-order valence-electron chi connectivity index (χ4n) is 4.72. The molecule has 0 radical (unpaired) electrons. The molecule has 194 valence electrons. The number of hydrogen-bond donors (Lipinski definition) is 1. The first-order valence-corrected chi connectivity index (χ1v) is 12.5. The number of aromatic nitrogens is 6. The van der Waals surface area contributed by atoms with Crippen molar-refractivity contribution in [2.75, 3.05) is 0 Å². The molecule has 0 saturated carbocycles. The Labute approximate surface area is 218 Å². The normalized spacial score (nSPS) is 12.2. The van der Waals surface area contributed by atoms with Crippen LogP contribution >= 0.6 is 0 Å². The maximum Gasteiger partial charge on any atom is 0.439 e. The Balaban J connectivity index is 1.58. The molecule has 10 nitrogen and oxygen atoms in total. The Bertz CT molecular complexity index is 1760. The number of rotatable bonds is 8. The van der Waals surface area contributed by atoms with Gasteiger partial charge in [0, 0.05) is 17.5 Å². The number of fused-ring (bicyclic) bond motifs is 1. The van der Waals surface area contributed by atoms with Crippen LogP contribution in [0.15, 0.2) is 62.6 Å². The van der Waals surface area contributed by atoms with Crippen LogP contribution in [-0.2, 0) is 17.6 Å². The summed E-state index contributed by atoms with van der Waals surface area (Å²) in [6, 6.07) is 14.8. The molecule has 0 saturated heterocycles. The van der Waals surface area contributed by atoms with Gasteiger partial charge in [-0.2, -0.15) is 10.1 Å². The summed E-state index contributed by atoms with van der Waals surface area (Å²) in [5.41, 5.74) is 4.67. The van der Waals surface area contributed by atoms with Crippen molar-refractivity contribution in [1.82, 2.24) is 29.3 Å². The molecule has 0 bridgehead atoms.